The fourth-order valence-corrected chi connectivity index (χ4v) is 3.15. The lowest BCUT2D eigenvalue weighted by Crippen LogP contribution is -2.33. The van der Waals surface area contributed by atoms with Crippen molar-refractivity contribution >= 4 is 5.91 Å². The summed E-state index contributed by atoms with van der Waals surface area (Å²) in [4.78, 5) is 26.6. The van der Waals surface area contributed by atoms with Gasteiger partial charge in [0.15, 0.2) is 0 Å². The molecule has 1 atom stereocenters. The number of hydrogen-bond acceptors (Lipinski definition) is 4. The van der Waals surface area contributed by atoms with E-state index in [0.29, 0.717) is 18.8 Å². The Bertz CT molecular complexity index is 779. The highest BCUT2D eigenvalue weighted by atomic mass is 16.2. The summed E-state index contributed by atoms with van der Waals surface area (Å²) in [5.74, 6) is -0.119. The molecule has 1 amide bonds. The molecule has 1 aliphatic rings. The van der Waals surface area contributed by atoms with Crippen LogP contribution in [0.1, 0.15) is 54.7 Å². The highest BCUT2D eigenvalue weighted by Gasteiger charge is 2.32. The van der Waals surface area contributed by atoms with Crippen LogP contribution in [-0.4, -0.2) is 36.9 Å². The van der Waals surface area contributed by atoms with Gasteiger partial charge in [0.05, 0.1) is 12.2 Å². The Kier molecular flexibility index (Phi) is 4.78. The average Bonchev–Trinajstić information content (AvgIpc) is 3.22. The molecule has 1 unspecified atom stereocenters. The molecule has 0 aromatic carbocycles. The SMILES string of the molecule is CCCCn1nc(C(=O)N2CCCC2c2cnn(C)c2)ccc1=O. The van der Waals surface area contributed by atoms with Gasteiger partial charge in [0, 0.05) is 38.0 Å². The monoisotopic (exact) mass is 329 g/mol. The Labute approximate surface area is 140 Å². The van der Waals surface area contributed by atoms with Gasteiger partial charge >= 0.3 is 0 Å². The molecule has 2 aromatic rings. The van der Waals surface area contributed by atoms with Gasteiger partial charge in [-0.3, -0.25) is 14.3 Å². The minimum atomic E-state index is -0.162. The fraction of sp³-hybridized carbons (Fsp3) is 0.529. The predicted octanol–water partition coefficient (Wildman–Crippen LogP) is 1.75. The van der Waals surface area contributed by atoms with Gasteiger partial charge in [-0.1, -0.05) is 13.3 Å². The normalized spacial score (nSPS) is 17.4. The van der Waals surface area contributed by atoms with Crippen LogP contribution in [0.2, 0.25) is 0 Å². The zero-order valence-corrected chi connectivity index (χ0v) is 14.2. The Morgan fingerprint density at radius 1 is 1.38 bits per heavy atom. The second-order valence-corrected chi connectivity index (χ2v) is 6.24. The molecule has 24 heavy (non-hydrogen) atoms. The number of amides is 1. The van der Waals surface area contributed by atoms with Crippen molar-refractivity contribution in [1.29, 1.82) is 0 Å². The van der Waals surface area contributed by atoms with Gasteiger partial charge < -0.3 is 4.90 Å². The maximum Gasteiger partial charge on any atom is 0.274 e. The molecular weight excluding hydrogens is 306 g/mol. The summed E-state index contributed by atoms with van der Waals surface area (Å²) in [7, 11) is 1.87. The van der Waals surface area contributed by atoms with Crippen LogP contribution in [0.4, 0.5) is 0 Å². The van der Waals surface area contributed by atoms with Gasteiger partial charge in [-0.05, 0) is 25.3 Å². The maximum atomic E-state index is 12.9. The summed E-state index contributed by atoms with van der Waals surface area (Å²) in [5, 5.41) is 8.48. The second-order valence-electron chi connectivity index (χ2n) is 6.24. The molecule has 3 heterocycles. The van der Waals surface area contributed by atoms with Gasteiger partial charge in [0.1, 0.15) is 5.69 Å². The van der Waals surface area contributed by atoms with Crippen molar-refractivity contribution in [3.05, 3.63) is 46.1 Å². The highest BCUT2D eigenvalue weighted by molar-refractivity contribution is 5.92. The molecule has 0 saturated carbocycles. The molecule has 0 spiro atoms. The number of likely N-dealkylation sites (tertiary alicyclic amines) is 1. The Morgan fingerprint density at radius 2 is 2.21 bits per heavy atom. The molecule has 1 fully saturated rings. The van der Waals surface area contributed by atoms with Crippen molar-refractivity contribution in [1.82, 2.24) is 24.5 Å². The lowest BCUT2D eigenvalue weighted by Gasteiger charge is -2.23. The summed E-state index contributed by atoms with van der Waals surface area (Å²) < 4.78 is 3.14. The van der Waals surface area contributed by atoms with E-state index in [0.717, 1.165) is 31.2 Å². The molecule has 7 heteroatoms. The van der Waals surface area contributed by atoms with Gasteiger partial charge in [-0.2, -0.15) is 10.2 Å². The van der Waals surface area contributed by atoms with E-state index >= 15 is 0 Å². The van der Waals surface area contributed by atoms with Crippen molar-refractivity contribution < 1.29 is 4.79 Å². The van der Waals surface area contributed by atoms with Gasteiger partial charge in [0.2, 0.25) is 0 Å². The zero-order valence-electron chi connectivity index (χ0n) is 14.2. The van der Waals surface area contributed by atoms with Crippen molar-refractivity contribution in [2.24, 2.45) is 7.05 Å². The smallest absolute Gasteiger partial charge is 0.274 e. The van der Waals surface area contributed by atoms with Crippen LogP contribution >= 0.6 is 0 Å². The molecule has 1 aliphatic heterocycles. The van der Waals surface area contributed by atoms with Crippen molar-refractivity contribution in [2.45, 2.75) is 45.2 Å². The van der Waals surface area contributed by atoms with Crippen molar-refractivity contribution in [3.63, 3.8) is 0 Å². The molecule has 0 N–H and O–H groups in total. The molecule has 128 valence electrons. The first-order valence-electron chi connectivity index (χ1n) is 8.48. The third kappa shape index (κ3) is 3.25. The van der Waals surface area contributed by atoms with Crippen molar-refractivity contribution in [2.75, 3.05) is 6.54 Å². The van der Waals surface area contributed by atoms with Crippen LogP contribution in [0.3, 0.4) is 0 Å². The quantitative estimate of drug-likeness (QED) is 0.838. The van der Waals surface area contributed by atoms with E-state index in [1.807, 2.05) is 24.3 Å². The molecule has 0 aliphatic carbocycles. The van der Waals surface area contributed by atoms with E-state index in [-0.39, 0.29) is 17.5 Å². The summed E-state index contributed by atoms with van der Waals surface area (Å²) in [5.41, 5.74) is 1.22. The number of rotatable bonds is 5. The number of carbonyl (C=O) groups excluding carboxylic acids is 1. The molecule has 0 radical (unpaired) electrons. The zero-order chi connectivity index (χ0) is 17.1. The van der Waals surface area contributed by atoms with E-state index in [9.17, 15) is 9.59 Å². The van der Waals surface area contributed by atoms with Gasteiger partial charge in [-0.15, -0.1) is 0 Å². The second kappa shape index (κ2) is 6.98. The summed E-state index contributed by atoms with van der Waals surface area (Å²) in [6, 6.07) is 3.00. The minimum Gasteiger partial charge on any atom is -0.330 e. The summed E-state index contributed by atoms with van der Waals surface area (Å²) in [6.07, 6.45) is 7.49. The number of nitrogens with zero attached hydrogens (tertiary/aromatic N) is 5. The Hall–Kier alpha value is -2.44. The highest BCUT2D eigenvalue weighted by Crippen LogP contribution is 2.32. The van der Waals surface area contributed by atoms with E-state index in [1.165, 1.54) is 16.8 Å². The van der Waals surface area contributed by atoms with Crippen LogP contribution < -0.4 is 5.56 Å². The topological polar surface area (TPSA) is 73.0 Å². The number of aryl methyl sites for hydroxylation is 2. The molecular formula is C17H23N5O2. The van der Waals surface area contributed by atoms with Crippen LogP contribution in [-0.2, 0) is 13.6 Å². The van der Waals surface area contributed by atoms with Crippen LogP contribution in [0.15, 0.2) is 29.3 Å². The summed E-state index contributed by atoms with van der Waals surface area (Å²) in [6.45, 7) is 3.30. The molecule has 7 nitrogen and oxygen atoms in total. The number of unbranched alkanes of at least 4 members (excludes halogenated alkanes) is 1. The first kappa shape index (κ1) is 16.4. The summed E-state index contributed by atoms with van der Waals surface area (Å²) >= 11 is 0. The predicted molar refractivity (Wildman–Crippen MR) is 89.6 cm³/mol. The van der Waals surface area contributed by atoms with Crippen molar-refractivity contribution in [3.8, 4) is 0 Å². The molecule has 0 bridgehead atoms. The Morgan fingerprint density at radius 3 is 2.92 bits per heavy atom. The minimum absolute atomic E-state index is 0.0315. The number of hydrogen-bond donors (Lipinski definition) is 0. The third-order valence-corrected chi connectivity index (χ3v) is 4.43. The first-order valence-corrected chi connectivity index (χ1v) is 8.48. The lowest BCUT2D eigenvalue weighted by atomic mass is 10.1. The standard InChI is InChI=1S/C17H23N5O2/c1-3-4-10-22-16(23)8-7-14(19-22)17(24)21-9-5-6-15(21)13-11-18-20(2)12-13/h7-8,11-12,15H,3-6,9-10H2,1-2H3. The lowest BCUT2D eigenvalue weighted by molar-refractivity contribution is 0.0726. The van der Waals surface area contributed by atoms with Gasteiger partial charge in [0.25, 0.3) is 11.5 Å². The molecule has 1 saturated heterocycles. The maximum absolute atomic E-state index is 12.9. The van der Waals surface area contributed by atoms with Crippen LogP contribution in [0, 0.1) is 0 Å². The van der Waals surface area contributed by atoms with Crippen LogP contribution in [0.25, 0.3) is 0 Å². The van der Waals surface area contributed by atoms with E-state index in [2.05, 4.69) is 17.1 Å². The first-order chi connectivity index (χ1) is 11.6. The largest absolute Gasteiger partial charge is 0.330 e. The van der Waals surface area contributed by atoms with E-state index < -0.39 is 0 Å². The Balaban J connectivity index is 1.84. The number of aromatic nitrogens is 4. The average molecular weight is 329 g/mol. The van der Waals surface area contributed by atoms with Gasteiger partial charge in [-0.25, -0.2) is 4.68 Å². The molecule has 2 aromatic heterocycles. The number of carbonyl (C=O) groups is 1. The van der Waals surface area contributed by atoms with Crippen LogP contribution in [0.5, 0.6) is 0 Å². The van der Waals surface area contributed by atoms with E-state index in [4.69, 9.17) is 0 Å². The third-order valence-electron chi connectivity index (χ3n) is 4.43. The van der Waals surface area contributed by atoms with E-state index in [1.54, 1.807) is 4.68 Å². The molecule has 3 rings (SSSR count). The fourth-order valence-electron chi connectivity index (χ4n) is 3.15.